The van der Waals surface area contributed by atoms with Crippen LogP contribution in [0.4, 0.5) is 0 Å². The highest BCUT2D eigenvalue weighted by Crippen LogP contribution is 2.45. The van der Waals surface area contributed by atoms with Crippen molar-refractivity contribution in [1.82, 2.24) is 4.98 Å². The average Bonchev–Trinajstić information content (AvgIpc) is 3.38. The lowest BCUT2D eigenvalue weighted by Gasteiger charge is -2.24. The van der Waals surface area contributed by atoms with Crippen LogP contribution in [0.3, 0.4) is 0 Å². The summed E-state index contributed by atoms with van der Waals surface area (Å²) < 4.78 is 5.03. The summed E-state index contributed by atoms with van der Waals surface area (Å²) in [6, 6.07) is 8.06. The number of carbonyl (C=O) groups is 1. The zero-order chi connectivity index (χ0) is 23.8. The largest absolute Gasteiger partial charge is 0.462 e. The molecule has 5 atom stereocenters. The van der Waals surface area contributed by atoms with E-state index >= 15 is 0 Å². The highest BCUT2D eigenvalue weighted by atomic mass is 35.5. The number of aromatic nitrogens is 1. The van der Waals surface area contributed by atoms with Gasteiger partial charge in [0.25, 0.3) is 0 Å². The summed E-state index contributed by atoms with van der Waals surface area (Å²) in [7, 11) is 0. The van der Waals surface area contributed by atoms with Gasteiger partial charge < -0.3 is 14.9 Å². The van der Waals surface area contributed by atoms with E-state index in [1.165, 1.54) is 11.3 Å². The molecule has 0 radical (unpaired) electrons. The number of halogens is 1. The number of nitrogens with zero attached hydrogens (tertiary/aromatic N) is 1. The molecule has 0 bridgehead atoms. The number of thiazole rings is 1. The van der Waals surface area contributed by atoms with E-state index in [0.717, 1.165) is 61.1 Å². The summed E-state index contributed by atoms with van der Waals surface area (Å²) in [5, 5.41) is 22.0. The SMILES string of the molecule is CCCCCC(O)c1ccc([C@@H]2[C@@H](CCCc3ncc(C(=O)OCC)s3)[C@@H](Cl)C[C@H]2O)cc1. The van der Waals surface area contributed by atoms with Gasteiger partial charge in [0.2, 0.25) is 0 Å². The van der Waals surface area contributed by atoms with E-state index in [4.69, 9.17) is 16.3 Å². The van der Waals surface area contributed by atoms with Crippen LogP contribution in [-0.2, 0) is 11.2 Å². The fourth-order valence-electron chi connectivity index (χ4n) is 4.80. The maximum Gasteiger partial charge on any atom is 0.349 e. The molecule has 2 N–H and O–H groups in total. The maximum absolute atomic E-state index is 11.8. The zero-order valence-electron chi connectivity index (χ0n) is 19.6. The number of aliphatic hydroxyl groups is 2. The first-order chi connectivity index (χ1) is 15.9. The Morgan fingerprint density at radius 3 is 2.70 bits per heavy atom. The van der Waals surface area contributed by atoms with Gasteiger partial charge in [-0.05, 0) is 56.1 Å². The van der Waals surface area contributed by atoms with Crippen molar-refractivity contribution in [2.45, 2.75) is 88.7 Å². The molecule has 5 nitrogen and oxygen atoms in total. The Hall–Kier alpha value is -1.47. The first-order valence-corrected chi connectivity index (χ1v) is 13.4. The lowest BCUT2D eigenvalue weighted by atomic mass is 9.84. The van der Waals surface area contributed by atoms with Crippen LogP contribution >= 0.6 is 22.9 Å². The standard InChI is InChI=1S/C26H36ClNO4S/c1-3-5-6-9-21(29)17-11-13-18(14-12-17)25-19(20(27)15-22(25)30)8-7-10-24-28-16-23(33-24)26(31)32-4-2/h11-14,16,19-22,25,29-30H,3-10,15H2,1-2H3/t19-,20-,21?,22+,25+/m0/s1. The Kier molecular flexibility index (Phi) is 10.2. The van der Waals surface area contributed by atoms with Crippen LogP contribution in [0.5, 0.6) is 0 Å². The number of hydrogen-bond donors (Lipinski definition) is 2. The minimum atomic E-state index is -0.465. The summed E-state index contributed by atoms with van der Waals surface area (Å²) in [5.74, 6) is -0.156. The Morgan fingerprint density at radius 2 is 2.00 bits per heavy atom. The Labute approximate surface area is 206 Å². The third kappa shape index (κ3) is 7.01. The minimum Gasteiger partial charge on any atom is -0.462 e. The van der Waals surface area contributed by atoms with Crippen molar-refractivity contribution < 1.29 is 19.7 Å². The molecule has 33 heavy (non-hydrogen) atoms. The van der Waals surface area contributed by atoms with Crippen LogP contribution in [-0.4, -0.2) is 39.3 Å². The molecule has 0 saturated heterocycles. The molecule has 0 aliphatic heterocycles. The fraction of sp³-hybridized carbons (Fsp3) is 0.615. The van der Waals surface area contributed by atoms with Gasteiger partial charge in [0.1, 0.15) is 4.88 Å². The van der Waals surface area contributed by atoms with Crippen molar-refractivity contribution in [1.29, 1.82) is 0 Å². The van der Waals surface area contributed by atoms with Gasteiger partial charge in [0.05, 0.1) is 30.0 Å². The van der Waals surface area contributed by atoms with Crippen molar-refractivity contribution in [3.8, 4) is 0 Å². The molecule has 1 aromatic carbocycles. The summed E-state index contributed by atoms with van der Waals surface area (Å²) in [6.07, 6.45) is 7.89. The van der Waals surface area contributed by atoms with E-state index < -0.39 is 12.2 Å². The average molecular weight is 494 g/mol. The topological polar surface area (TPSA) is 79.7 Å². The van der Waals surface area contributed by atoms with Gasteiger partial charge in [-0.3, -0.25) is 0 Å². The number of benzene rings is 1. The van der Waals surface area contributed by atoms with Crippen molar-refractivity contribution >= 4 is 28.9 Å². The van der Waals surface area contributed by atoms with E-state index in [9.17, 15) is 15.0 Å². The number of unbranched alkanes of at least 4 members (excludes halogenated alkanes) is 2. The van der Waals surface area contributed by atoms with Gasteiger partial charge in [0.15, 0.2) is 0 Å². The molecule has 7 heteroatoms. The van der Waals surface area contributed by atoms with Crippen LogP contribution < -0.4 is 0 Å². The lowest BCUT2D eigenvalue weighted by molar-refractivity contribution is 0.0531. The fourth-order valence-corrected chi connectivity index (χ4v) is 6.12. The predicted molar refractivity (Wildman–Crippen MR) is 133 cm³/mol. The van der Waals surface area contributed by atoms with Crippen LogP contribution in [0.15, 0.2) is 30.5 Å². The number of carbonyl (C=O) groups excluding carboxylic acids is 1. The predicted octanol–water partition coefficient (Wildman–Crippen LogP) is 6.03. The van der Waals surface area contributed by atoms with Gasteiger partial charge in [-0.1, -0.05) is 50.5 Å². The van der Waals surface area contributed by atoms with Gasteiger partial charge in [-0.15, -0.1) is 22.9 Å². The van der Waals surface area contributed by atoms with Crippen molar-refractivity contribution in [3.05, 3.63) is 51.5 Å². The van der Waals surface area contributed by atoms with E-state index in [0.29, 0.717) is 17.9 Å². The van der Waals surface area contributed by atoms with Crippen LogP contribution in [0, 0.1) is 5.92 Å². The number of aliphatic hydroxyl groups excluding tert-OH is 2. The normalized spacial score (nSPS) is 23.5. The number of aryl methyl sites for hydroxylation is 1. The smallest absolute Gasteiger partial charge is 0.349 e. The summed E-state index contributed by atoms with van der Waals surface area (Å²) in [6.45, 7) is 4.30. The number of ether oxygens (including phenoxy) is 1. The first kappa shape index (κ1) is 26.1. The monoisotopic (exact) mass is 493 g/mol. The van der Waals surface area contributed by atoms with E-state index in [1.807, 2.05) is 24.3 Å². The summed E-state index contributed by atoms with van der Waals surface area (Å²) >= 11 is 8.04. The van der Waals surface area contributed by atoms with Crippen molar-refractivity contribution in [2.24, 2.45) is 5.92 Å². The number of esters is 1. The molecule has 3 rings (SSSR count). The molecule has 0 amide bonds. The number of hydrogen-bond acceptors (Lipinski definition) is 6. The Bertz CT molecular complexity index is 871. The van der Waals surface area contributed by atoms with Gasteiger partial charge in [0, 0.05) is 11.3 Å². The second kappa shape index (κ2) is 12.8. The minimum absolute atomic E-state index is 0.00910. The van der Waals surface area contributed by atoms with Crippen LogP contribution in [0.25, 0.3) is 0 Å². The number of rotatable bonds is 12. The van der Waals surface area contributed by atoms with E-state index in [-0.39, 0.29) is 23.2 Å². The maximum atomic E-state index is 11.8. The molecule has 0 spiro atoms. The first-order valence-electron chi connectivity index (χ1n) is 12.2. The summed E-state index contributed by atoms with van der Waals surface area (Å²) in [4.78, 5) is 16.7. The molecule has 1 heterocycles. The molecule has 1 saturated carbocycles. The molecular weight excluding hydrogens is 458 g/mol. The van der Waals surface area contributed by atoms with Crippen molar-refractivity contribution in [2.75, 3.05) is 6.61 Å². The molecule has 1 unspecified atom stereocenters. The van der Waals surface area contributed by atoms with Gasteiger partial charge >= 0.3 is 5.97 Å². The lowest BCUT2D eigenvalue weighted by Crippen LogP contribution is -2.19. The molecule has 2 aromatic rings. The van der Waals surface area contributed by atoms with E-state index in [1.54, 1.807) is 13.1 Å². The third-order valence-electron chi connectivity index (χ3n) is 6.55. The van der Waals surface area contributed by atoms with Crippen LogP contribution in [0.1, 0.15) is 96.6 Å². The quantitative estimate of drug-likeness (QED) is 0.214. The molecule has 1 fully saturated rings. The molecule has 1 aromatic heterocycles. The van der Waals surface area contributed by atoms with Gasteiger partial charge in [-0.25, -0.2) is 9.78 Å². The second-order valence-corrected chi connectivity index (χ2v) is 10.6. The molecule has 1 aliphatic rings. The highest BCUT2D eigenvalue weighted by Gasteiger charge is 2.42. The Balaban J connectivity index is 1.58. The second-order valence-electron chi connectivity index (χ2n) is 8.92. The van der Waals surface area contributed by atoms with Gasteiger partial charge in [-0.2, -0.15) is 0 Å². The molecule has 182 valence electrons. The summed E-state index contributed by atoms with van der Waals surface area (Å²) in [5.41, 5.74) is 2.02. The number of alkyl halides is 1. The van der Waals surface area contributed by atoms with Crippen molar-refractivity contribution in [3.63, 3.8) is 0 Å². The molecular formula is C26H36ClNO4S. The molecule has 1 aliphatic carbocycles. The highest BCUT2D eigenvalue weighted by molar-refractivity contribution is 7.13. The Morgan fingerprint density at radius 1 is 1.24 bits per heavy atom. The van der Waals surface area contributed by atoms with E-state index in [2.05, 4.69) is 11.9 Å². The third-order valence-corrected chi connectivity index (χ3v) is 8.09. The zero-order valence-corrected chi connectivity index (χ0v) is 21.2. The van der Waals surface area contributed by atoms with Crippen LogP contribution in [0.2, 0.25) is 0 Å².